The van der Waals surface area contributed by atoms with Crippen molar-refractivity contribution < 1.29 is 23.7 Å². The lowest BCUT2D eigenvalue weighted by Gasteiger charge is -2.24. The van der Waals surface area contributed by atoms with E-state index in [2.05, 4.69) is 11.9 Å². The fraction of sp³-hybridized carbons (Fsp3) is 0.400. The molecule has 31 heavy (non-hydrogen) atoms. The predicted molar refractivity (Wildman–Crippen MR) is 116 cm³/mol. The number of ether oxygens (including phenoxy) is 4. The molecule has 2 aromatic rings. The van der Waals surface area contributed by atoms with Gasteiger partial charge in [-0.1, -0.05) is 67.2 Å². The number of hydrogen-bond donors (Lipinski definition) is 1. The maximum atomic E-state index is 11.5. The van der Waals surface area contributed by atoms with Crippen molar-refractivity contribution in [1.82, 2.24) is 5.32 Å². The van der Waals surface area contributed by atoms with Gasteiger partial charge in [-0.25, -0.2) is 0 Å². The van der Waals surface area contributed by atoms with Crippen LogP contribution in [0.5, 0.6) is 0 Å². The molecule has 0 aromatic heterocycles. The number of rotatable bonds is 10. The molecule has 1 N–H and O–H groups in total. The number of hydrogen-bond acceptors (Lipinski definition) is 5. The van der Waals surface area contributed by atoms with Gasteiger partial charge in [0.25, 0.3) is 0 Å². The van der Waals surface area contributed by atoms with Crippen LogP contribution in [0.4, 0.5) is 0 Å². The van der Waals surface area contributed by atoms with Gasteiger partial charge in [0, 0.05) is 13.0 Å². The molecular weight excluding hydrogens is 394 g/mol. The second kappa shape index (κ2) is 10.7. The zero-order valence-electron chi connectivity index (χ0n) is 17.5. The van der Waals surface area contributed by atoms with Crippen LogP contribution in [0.1, 0.15) is 17.5 Å². The molecule has 0 saturated carbocycles. The quantitative estimate of drug-likeness (QED) is 0.595. The number of nitrogens with one attached hydrogen (secondary N) is 1. The number of amides is 1. The van der Waals surface area contributed by atoms with Crippen LogP contribution in [0.25, 0.3) is 0 Å². The summed E-state index contributed by atoms with van der Waals surface area (Å²) < 4.78 is 24.7. The van der Waals surface area contributed by atoms with Gasteiger partial charge in [-0.05, 0) is 17.2 Å². The smallest absolute Gasteiger partial charge is 0.243 e. The zero-order chi connectivity index (χ0) is 21.5. The number of fused-ring (bicyclic) bond motifs is 1. The first-order chi connectivity index (χ1) is 15.2. The Hall–Kier alpha value is -2.51. The topological polar surface area (TPSA) is 66.0 Å². The van der Waals surface area contributed by atoms with Crippen LogP contribution < -0.4 is 5.32 Å². The molecule has 5 atom stereocenters. The minimum Gasteiger partial charge on any atom is -0.374 e. The molecule has 2 aromatic carbocycles. The standard InChI is InChI=1S/C25H29NO5/c1-2-23(27)26-14-20-13-21-25(30-20)24(29-16-19-11-7-4-8-12-19)22(31-21)17-28-15-18-9-5-3-6-10-18/h2-12,20-22,24-25H,1,13-17H2,(H,26,27)/t20-,21-,22+,24+,25+/m0/s1. The van der Waals surface area contributed by atoms with Crippen molar-refractivity contribution in [3.05, 3.63) is 84.4 Å². The van der Waals surface area contributed by atoms with Crippen LogP contribution in [0.2, 0.25) is 0 Å². The summed E-state index contributed by atoms with van der Waals surface area (Å²) in [7, 11) is 0. The average Bonchev–Trinajstić information content (AvgIpc) is 3.35. The van der Waals surface area contributed by atoms with E-state index in [0.29, 0.717) is 32.8 Å². The molecule has 2 fully saturated rings. The van der Waals surface area contributed by atoms with Crippen molar-refractivity contribution in [2.45, 2.75) is 50.2 Å². The summed E-state index contributed by atoms with van der Waals surface area (Å²) >= 11 is 0. The van der Waals surface area contributed by atoms with Crippen LogP contribution in [-0.4, -0.2) is 49.6 Å². The Morgan fingerprint density at radius 3 is 2.39 bits per heavy atom. The molecule has 2 saturated heterocycles. The van der Waals surface area contributed by atoms with Crippen molar-refractivity contribution in [1.29, 1.82) is 0 Å². The monoisotopic (exact) mass is 423 g/mol. The van der Waals surface area contributed by atoms with Gasteiger partial charge in [0.1, 0.15) is 18.3 Å². The zero-order valence-corrected chi connectivity index (χ0v) is 17.5. The fourth-order valence-electron chi connectivity index (χ4n) is 4.08. The first-order valence-electron chi connectivity index (χ1n) is 10.7. The molecule has 164 valence electrons. The molecule has 4 rings (SSSR count). The summed E-state index contributed by atoms with van der Waals surface area (Å²) in [5.41, 5.74) is 2.22. The van der Waals surface area contributed by atoms with Gasteiger partial charge in [-0.15, -0.1) is 0 Å². The molecule has 1 amide bonds. The number of carbonyl (C=O) groups excluding carboxylic acids is 1. The second-order valence-electron chi connectivity index (χ2n) is 7.88. The van der Waals surface area contributed by atoms with E-state index in [1.54, 1.807) is 0 Å². The van der Waals surface area contributed by atoms with Crippen molar-refractivity contribution in [2.75, 3.05) is 13.2 Å². The van der Waals surface area contributed by atoms with Gasteiger partial charge in [0.05, 0.1) is 32.0 Å². The lowest BCUT2D eigenvalue weighted by atomic mass is 10.1. The van der Waals surface area contributed by atoms with Crippen LogP contribution >= 0.6 is 0 Å². The van der Waals surface area contributed by atoms with Crippen molar-refractivity contribution >= 4 is 5.91 Å². The van der Waals surface area contributed by atoms with E-state index in [4.69, 9.17) is 18.9 Å². The molecule has 2 aliphatic rings. The Kier molecular flexibility index (Phi) is 7.48. The summed E-state index contributed by atoms with van der Waals surface area (Å²) in [5.74, 6) is -0.203. The summed E-state index contributed by atoms with van der Waals surface area (Å²) in [6.07, 6.45) is 1.18. The third-order valence-electron chi connectivity index (χ3n) is 5.62. The lowest BCUT2D eigenvalue weighted by Crippen LogP contribution is -2.39. The van der Waals surface area contributed by atoms with Crippen molar-refractivity contribution in [3.8, 4) is 0 Å². The van der Waals surface area contributed by atoms with Crippen molar-refractivity contribution in [3.63, 3.8) is 0 Å². The van der Waals surface area contributed by atoms with E-state index >= 15 is 0 Å². The Bertz CT molecular complexity index is 844. The van der Waals surface area contributed by atoms with Gasteiger partial charge in [0.2, 0.25) is 5.91 Å². The molecule has 2 heterocycles. The highest BCUT2D eigenvalue weighted by Gasteiger charge is 2.51. The molecular formula is C25H29NO5. The lowest BCUT2D eigenvalue weighted by molar-refractivity contribution is -0.118. The van der Waals surface area contributed by atoms with Gasteiger partial charge in [-0.3, -0.25) is 4.79 Å². The maximum Gasteiger partial charge on any atom is 0.243 e. The van der Waals surface area contributed by atoms with E-state index in [1.165, 1.54) is 6.08 Å². The normalized spacial score (nSPS) is 27.0. The second-order valence-corrected chi connectivity index (χ2v) is 7.88. The van der Waals surface area contributed by atoms with E-state index in [1.807, 2.05) is 60.7 Å². The fourth-order valence-corrected chi connectivity index (χ4v) is 4.08. The molecule has 2 aliphatic heterocycles. The van der Waals surface area contributed by atoms with Gasteiger partial charge in [-0.2, -0.15) is 0 Å². The molecule has 0 aliphatic carbocycles. The average molecular weight is 424 g/mol. The number of benzene rings is 2. The Morgan fingerprint density at radius 2 is 1.71 bits per heavy atom. The highest BCUT2D eigenvalue weighted by molar-refractivity contribution is 5.86. The Balaban J connectivity index is 1.35. The van der Waals surface area contributed by atoms with Crippen molar-refractivity contribution in [2.24, 2.45) is 0 Å². The Labute approximate surface area is 183 Å². The molecule has 0 unspecified atom stereocenters. The molecule has 0 bridgehead atoms. The van der Waals surface area contributed by atoms with Crippen LogP contribution in [0.15, 0.2) is 73.3 Å². The van der Waals surface area contributed by atoms with Gasteiger partial charge < -0.3 is 24.3 Å². The van der Waals surface area contributed by atoms with E-state index in [9.17, 15) is 4.79 Å². The minimum atomic E-state index is -0.235. The summed E-state index contributed by atoms with van der Waals surface area (Å²) in [5, 5.41) is 2.80. The van der Waals surface area contributed by atoms with Gasteiger partial charge in [0.15, 0.2) is 0 Å². The van der Waals surface area contributed by atoms with E-state index in [-0.39, 0.29) is 36.4 Å². The predicted octanol–water partition coefficient (Wildman–Crippen LogP) is 3.02. The molecule has 0 spiro atoms. The minimum absolute atomic E-state index is 0.0725. The summed E-state index contributed by atoms with van der Waals surface area (Å²) in [6, 6.07) is 20.1. The molecule has 6 nitrogen and oxygen atoms in total. The first-order valence-corrected chi connectivity index (χ1v) is 10.7. The van der Waals surface area contributed by atoms with E-state index < -0.39 is 0 Å². The van der Waals surface area contributed by atoms with Crippen LogP contribution in [0.3, 0.4) is 0 Å². The highest BCUT2D eigenvalue weighted by atomic mass is 16.6. The maximum absolute atomic E-state index is 11.5. The molecule has 6 heteroatoms. The van der Waals surface area contributed by atoms with Gasteiger partial charge >= 0.3 is 0 Å². The highest BCUT2D eigenvalue weighted by Crippen LogP contribution is 2.36. The number of carbonyl (C=O) groups is 1. The largest absolute Gasteiger partial charge is 0.374 e. The summed E-state index contributed by atoms with van der Waals surface area (Å²) in [6.45, 7) is 5.35. The van der Waals surface area contributed by atoms with Crippen LogP contribution in [-0.2, 0) is 37.0 Å². The SMILES string of the molecule is C=CC(=O)NC[C@@H]1C[C@@H]2O[C@H](COCc3ccccc3)[C@@H](OCc3ccccc3)[C@@H]2O1. The molecule has 0 radical (unpaired) electrons. The Morgan fingerprint density at radius 1 is 1.03 bits per heavy atom. The third-order valence-corrected chi connectivity index (χ3v) is 5.62. The first kappa shape index (κ1) is 21.7. The van der Waals surface area contributed by atoms with Crippen LogP contribution in [0, 0.1) is 0 Å². The van der Waals surface area contributed by atoms with E-state index in [0.717, 1.165) is 11.1 Å². The third kappa shape index (κ3) is 5.80. The summed E-state index contributed by atoms with van der Waals surface area (Å²) in [4.78, 5) is 11.5.